The third-order valence-electron chi connectivity index (χ3n) is 4.20. The number of Topliss-reactive ketones (excluding diaryl/α,β-unsaturated/α-hetero) is 1. The van der Waals surface area contributed by atoms with E-state index in [0.29, 0.717) is 6.61 Å². The Labute approximate surface area is 125 Å². The van der Waals surface area contributed by atoms with Crippen molar-refractivity contribution in [1.29, 1.82) is 0 Å². The first-order chi connectivity index (χ1) is 10.2. The van der Waals surface area contributed by atoms with Crippen molar-refractivity contribution in [1.82, 2.24) is 0 Å². The molecule has 0 spiro atoms. The summed E-state index contributed by atoms with van der Waals surface area (Å²) in [5.74, 6) is 0.233. The zero-order chi connectivity index (χ0) is 14.7. The summed E-state index contributed by atoms with van der Waals surface area (Å²) in [6.45, 7) is 2.68. The summed E-state index contributed by atoms with van der Waals surface area (Å²) in [4.78, 5) is 12.4. The van der Waals surface area contributed by atoms with Gasteiger partial charge in [-0.05, 0) is 30.9 Å². The number of benzene rings is 2. The van der Waals surface area contributed by atoms with Gasteiger partial charge in [0.25, 0.3) is 0 Å². The Morgan fingerprint density at radius 3 is 2.33 bits per heavy atom. The van der Waals surface area contributed by atoms with Gasteiger partial charge < -0.3 is 4.74 Å². The van der Waals surface area contributed by atoms with E-state index in [-0.39, 0.29) is 17.8 Å². The van der Waals surface area contributed by atoms with Gasteiger partial charge in [-0.1, -0.05) is 54.6 Å². The Morgan fingerprint density at radius 2 is 1.71 bits per heavy atom. The third kappa shape index (κ3) is 3.22. The van der Waals surface area contributed by atoms with E-state index >= 15 is 0 Å². The number of carbonyl (C=O) groups excluding carboxylic acids is 1. The van der Waals surface area contributed by atoms with E-state index in [1.807, 2.05) is 25.1 Å². The molecular formula is C19H20O2. The van der Waals surface area contributed by atoms with Crippen molar-refractivity contribution in [3.05, 3.63) is 71.3 Å². The van der Waals surface area contributed by atoms with E-state index in [4.69, 9.17) is 4.74 Å². The number of ketones is 1. The normalized spacial score (nSPS) is 21.4. The Morgan fingerprint density at radius 1 is 1.05 bits per heavy atom. The Bertz CT molecular complexity index is 601. The molecule has 3 rings (SSSR count). The van der Waals surface area contributed by atoms with Gasteiger partial charge in [0.05, 0.1) is 12.0 Å². The van der Waals surface area contributed by atoms with E-state index < -0.39 is 0 Å². The van der Waals surface area contributed by atoms with Crippen molar-refractivity contribution in [3.63, 3.8) is 0 Å². The van der Waals surface area contributed by atoms with Crippen LogP contribution in [0.25, 0.3) is 0 Å². The van der Waals surface area contributed by atoms with Gasteiger partial charge in [0.1, 0.15) is 0 Å². The molecule has 2 unspecified atom stereocenters. The van der Waals surface area contributed by atoms with Gasteiger partial charge in [-0.3, -0.25) is 4.79 Å². The topological polar surface area (TPSA) is 26.3 Å². The first kappa shape index (κ1) is 14.0. The molecular weight excluding hydrogens is 260 g/mol. The fraction of sp³-hybridized carbons (Fsp3) is 0.316. The van der Waals surface area contributed by atoms with Crippen LogP contribution in [0.5, 0.6) is 0 Å². The monoisotopic (exact) mass is 280 g/mol. The minimum atomic E-state index is 0.0185. The van der Waals surface area contributed by atoms with E-state index in [1.165, 1.54) is 11.1 Å². The summed E-state index contributed by atoms with van der Waals surface area (Å²) >= 11 is 0. The van der Waals surface area contributed by atoms with Gasteiger partial charge in [0.2, 0.25) is 0 Å². The highest BCUT2D eigenvalue weighted by atomic mass is 16.5. The van der Waals surface area contributed by atoms with Crippen LogP contribution in [0.3, 0.4) is 0 Å². The van der Waals surface area contributed by atoms with Crippen LogP contribution in [0.4, 0.5) is 0 Å². The van der Waals surface area contributed by atoms with Crippen molar-refractivity contribution in [2.24, 2.45) is 5.92 Å². The molecule has 1 saturated heterocycles. The Hall–Kier alpha value is -1.93. The molecule has 0 N–H and O–H groups in total. The van der Waals surface area contributed by atoms with Gasteiger partial charge in [0.15, 0.2) is 5.78 Å². The quantitative estimate of drug-likeness (QED) is 0.794. The first-order valence-electron chi connectivity index (χ1n) is 7.53. The largest absolute Gasteiger partial charge is 0.378 e. The number of ether oxygens (including phenoxy) is 1. The van der Waals surface area contributed by atoms with Crippen LogP contribution in [0.1, 0.15) is 34.8 Å². The number of rotatable bonds is 4. The summed E-state index contributed by atoms with van der Waals surface area (Å²) < 4.78 is 5.49. The lowest BCUT2D eigenvalue weighted by atomic mass is 9.91. The minimum absolute atomic E-state index is 0.0185. The highest BCUT2D eigenvalue weighted by Crippen LogP contribution is 2.25. The number of hydrogen-bond acceptors (Lipinski definition) is 2. The smallest absolute Gasteiger partial charge is 0.168 e. The van der Waals surface area contributed by atoms with Crippen LogP contribution < -0.4 is 0 Å². The summed E-state index contributed by atoms with van der Waals surface area (Å²) in [5, 5.41) is 0. The molecule has 1 heterocycles. The predicted octanol–water partition coefficient (Wildman–Crippen LogP) is 3.89. The van der Waals surface area contributed by atoms with Gasteiger partial charge in [-0.15, -0.1) is 0 Å². The molecule has 1 aliphatic rings. The fourth-order valence-corrected chi connectivity index (χ4v) is 2.91. The van der Waals surface area contributed by atoms with Crippen molar-refractivity contribution < 1.29 is 9.53 Å². The predicted molar refractivity (Wildman–Crippen MR) is 83.5 cm³/mol. The molecule has 1 fully saturated rings. The van der Waals surface area contributed by atoms with E-state index in [9.17, 15) is 4.79 Å². The van der Waals surface area contributed by atoms with E-state index in [1.54, 1.807) is 0 Å². The zero-order valence-electron chi connectivity index (χ0n) is 12.3. The van der Waals surface area contributed by atoms with Gasteiger partial charge >= 0.3 is 0 Å². The molecule has 1 aliphatic heterocycles. The van der Waals surface area contributed by atoms with Crippen LogP contribution in [-0.2, 0) is 11.2 Å². The highest BCUT2D eigenvalue weighted by molar-refractivity contribution is 5.98. The average molecular weight is 280 g/mol. The fourth-order valence-electron chi connectivity index (χ4n) is 2.91. The highest BCUT2D eigenvalue weighted by Gasteiger charge is 2.31. The average Bonchev–Trinajstić information content (AvgIpc) is 2.94. The molecule has 2 aromatic rings. The number of hydrogen-bond donors (Lipinski definition) is 0. The number of carbonyl (C=O) groups is 1. The lowest BCUT2D eigenvalue weighted by Gasteiger charge is -2.13. The molecule has 2 nitrogen and oxygen atoms in total. The van der Waals surface area contributed by atoms with E-state index in [0.717, 1.165) is 18.4 Å². The van der Waals surface area contributed by atoms with Gasteiger partial charge in [-0.25, -0.2) is 0 Å². The lowest BCUT2D eigenvalue weighted by Crippen LogP contribution is -2.21. The molecule has 0 amide bonds. The van der Waals surface area contributed by atoms with Crippen LogP contribution in [0, 0.1) is 5.92 Å². The second-order valence-electron chi connectivity index (χ2n) is 5.69. The SMILES string of the molecule is CC1OCCC1C(=O)c1ccc(Cc2ccccc2)cc1. The van der Waals surface area contributed by atoms with Gasteiger partial charge in [-0.2, -0.15) is 0 Å². The van der Waals surface area contributed by atoms with Crippen molar-refractivity contribution >= 4 is 5.78 Å². The maximum absolute atomic E-state index is 12.4. The van der Waals surface area contributed by atoms with Crippen LogP contribution in [0.2, 0.25) is 0 Å². The van der Waals surface area contributed by atoms with Crippen molar-refractivity contribution in [3.8, 4) is 0 Å². The molecule has 2 atom stereocenters. The lowest BCUT2D eigenvalue weighted by molar-refractivity contribution is 0.0764. The van der Waals surface area contributed by atoms with Crippen LogP contribution in [-0.4, -0.2) is 18.5 Å². The molecule has 21 heavy (non-hydrogen) atoms. The molecule has 0 saturated carbocycles. The second kappa shape index (κ2) is 6.23. The molecule has 0 aliphatic carbocycles. The van der Waals surface area contributed by atoms with Crippen molar-refractivity contribution in [2.45, 2.75) is 25.9 Å². The van der Waals surface area contributed by atoms with Crippen LogP contribution >= 0.6 is 0 Å². The first-order valence-corrected chi connectivity index (χ1v) is 7.53. The Balaban J connectivity index is 1.70. The molecule has 0 aromatic heterocycles. The maximum atomic E-state index is 12.4. The van der Waals surface area contributed by atoms with Gasteiger partial charge in [0, 0.05) is 12.2 Å². The standard InChI is InChI=1S/C19H20O2/c1-14-18(11-12-21-14)19(20)17-9-7-16(8-10-17)13-15-5-3-2-4-6-15/h2-10,14,18H,11-13H2,1H3. The minimum Gasteiger partial charge on any atom is -0.378 e. The second-order valence-corrected chi connectivity index (χ2v) is 5.69. The molecule has 108 valence electrons. The summed E-state index contributed by atoms with van der Waals surface area (Å²) in [7, 11) is 0. The van der Waals surface area contributed by atoms with E-state index in [2.05, 4.69) is 36.4 Å². The third-order valence-corrected chi connectivity index (χ3v) is 4.20. The summed E-state index contributed by atoms with van der Waals surface area (Å²) in [6, 6.07) is 18.4. The summed E-state index contributed by atoms with van der Waals surface area (Å²) in [5.41, 5.74) is 3.32. The summed E-state index contributed by atoms with van der Waals surface area (Å²) in [6.07, 6.45) is 1.78. The molecule has 2 heteroatoms. The van der Waals surface area contributed by atoms with Crippen molar-refractivity contribution in [2.75, 3.05) is 6.61 Å². The maximum Gasteiger partial charge on any atom is 0.168 e. The molecule has 0 radical (unpaired) electrons. The molecule has 2 aromatic carbocycles. The van der Waals surface area contributed by atoms with Crippen LogP contribution in [0.15, 0.2) is 54.6 Å². The Kier molecular flexibility index (Phi) is 4.16. The molecule has 0 bridgehead atoms. The zero-order valence-corrected chi connectivity index (χ0v) is 12.3.